The van der Waals surface area contributed by atoms with Gasteiger partial charge >= 0.3 is 0 Å². The lowest BCUT2D eigenvalue weighted by molar-refractivity contribution is -0.303. The van der Waals surface area contributed by atoms with Crippen molar-refractivity contribution in [2.75, 3.05) is 13.2 Å². The Hall–Kier alpha value is -1.67. The Kier molecular flexibility index (Phi) is 29.4. The third-order valence-electron chi connectivity index (χ3n) is 9.65. The second-order valence-electron chi connectivity index (χ2n) is 14.3. The highest BCUT2D eigenvalue weighted by molar-refractivity contribution is 5.80. The van der Waals surface area contributed by atoms with Crippen LogP contribution in [0.15, 0.2) is 36.5 Å². The highest BCUT2D eigenvalue weighted by Gasteiger charge is 2.44. The van der Waals surface area contributed by atoms with Gasteiger partial charge in [0.2, 0.25) is 5.91 Å². The fourth-order valence-electron chi connectivity index (χ4n) is 6.18. The molecule has 9 unspecified atom stereocenters. The fourth-order valence-corrected chi connectivity index (χ4v) is 6.18. The van der Waals surface area contributed by atoms with Crippen molar-refractivity contribution in [3.05, 3.63) is 36.5 Å². The molecule has 0 aliphatic carbocycles. The first-order chi connectivity index (χ1) is 25.2. The van der Waals surface area contributed by atoms with Crippen LogP contribution in [0.3, 0.4) is 0 Å². The van der Waals surface area contributed by atoms with Gasteiger partial charge in [0.15, 0.2) is 6.29 Å². The van der Waals surface area contributed by atoms with E-state index in [1.807, 2.05) is 0 Å². The van der Waals surface area contributed by atoms with Gasteiger partial charge in [-0.15, -0.1) is 0 Å². The lowest BCUT2D eigenvalue weighted by atomic mass is 9.98. The van der Waals surface area contributed by atoms with E-state index >= 15 is 0 Å². The maximum Gasteiger partial charge on any atom is 0.249 e. The van der Waals surface area contributed by atoms with Gasteiger partial charge in [-0.1, -0.05) is 121 Å². The molecule has 0 spiro atoms. The molecule has 11 heteroatoms. The van der Waals surface area contributed by atoms with Crippen molar-refractivity contribution in [3.63, 3.8) is 0 Å². The average molecular weight is 742 g/mol. The molecule has 0 aromatic rings. The van der Waals surface area contributed by atoms with Crippen LogP contribution >= 0.6 is 0 Å². The Morgan fingerprint density at radius 1 is 0.654 bits per heavy atom. The lowest BCUT2D eigenvalue weighted by Crippen LogP contribution is -2.60. The predicted molar refractivity (Wildman–Crippen MR) is 205 cm³/mol. The number of nitrogens with one attached hydrogen (secondary N) is 1. The van der Waals surface area contributed by atoms with Gasteiger partial charge in [-0.2, -0.15) is 0 Å². The molecule has 8 N–H and O–H groups in total. The topological polar surface area (TPSA) is 189 Å². The van der Waals surface area contributed by atoms with Crippen molar-refractivity contribution in [1.82, 2.24) is 5.32 Å². The molecule has 1 rings (SSSR count). The van der Waals surface area contributed by atoms with Gasteiger partial charge in [0.25, 0.3) is 0 Å². The number of aliphatic hydroxyl groups is 7. The zero-order chi connectivity index (χ0) is 38.4. The van der Waals surface area contributed by atoms with E-state index in [-0.39, 0.29) is 12.8 Å². The van der Waals surface area contributed by atoms with Crippen LogP contribution in [-0.2, 0) is 14.3 Å². The predicted octanol–water partition coefficient (Wildman–Crippen LogP) is 5.27. The van der Waals surface area contributed by atoms with E-state index in [0.29, 0.717) is 19.3 Å². The van der Waals surface area contributed by atoms with Crippen LogP contribution in [0, 0.1) is 0 Å². The van der Waals surface area contributed by atoms with Gasteiger partial charge < -0.3 is 50.5 Å². The van der Waals surface area contributed by atoms with E-state index in [9.17, 15) is 40.5 Å². The summed E-state index contributed by atoms with van der Waals surface area (Å²) < 4.78 is 11.0. The molecule has 1 aliphatic rings. The van der Waals surface area contributed by atoms with Gasteiger partial charge in [-0.25, -0.2) is 0 Å². The van der Waals surface area contributed by atoms with E-state index in [2.05, 4.69) is 55.6 Å². The molecule has 0 aromatic heterocycles. The van der Waals surface area contributed by atoms with Crippen LogP contribution in [-0.4, -0.2) is 110 Å². The van der Waals surface area contributed by atoms with Crippen molar-refractivity contribution >= 4 is 5.91 Å². The third kappa shape index (κ3) is 21.9. The zero-order valence-electron chi connectivity index (χ0n) is 32.3. The van der Waals surface area contributed by atoms with Crippen molar-refractivity contribution in [2.24, 2.45) is 0 Å². The average Bonchev–Trinajstić information content (AvgIpc) is 3.14. The first-order valence-corrected chi connectivity index (χ1v) is 20.4. The van der Waals surface area contributed by atoms with E-state index < -0.39 is 74.2 Å². The van der Waals surface area contributed by atoms with Crippen LogP contribution < -0.4 is 5.32 Å². The molecule has 0 radical (unpaired) electrons. The SMILES string of the molecule is CCCCCC/C=C/CC/C=C/CC/C=C/CCCC(O)C(O)C(COC1OC(CO)C(O)C(O)C1O)NC(=O)C(O)CCCCCCCCCC. The summed E-state index contributed by atoms with van der Waals surface area (Å²) in [6.45, 7) is 3.32. The summed E-state index contributed by atoms with van der Waals surface area (Å²) in [5.74, 6) is -0.720. The third-order valence-corrected chi connectivity index (χ3v) is 9.65. The van der Waals surface area contributed by atoms with Crippen LogP contribution in [0.4, 0.5) is 0 Å². The van der Waals surface area contributed by atoms with E-state index in [0.717, 1.165) is 44.9 Å². The number of carbonyl (C=O) groups is 1. The second-order valence-corrected chi connectivity index (χ2v) is 14.3. The smallest absolute Gasteiger partial charge is 0.249 e. The quantitative estimate of drug-likeness (QED) is 0.0333. The minimum Gasteiger partial charge on any atom is -0.394 e. The molecule has 1 amide bonds. The number of amides is 1. The lowest BCUT2D eigenvalue weighted by Gasteiger charge is -2.40. The van der Waals surface area contributed by atoms with Crippen LogP contribution in [0.1, 0.15) is 149 Å². The molecule has 9 atom stereocenters. The number of unbranched alkanes of at least 4 members (excludes halogenated alkanes) is 14. The monoisotopic (exact) mass is 742 g/mol. The largest absolute Gasteiger partial charge is 0.394 e. The first kappa shape index (κ1) is 48.3. The summed E-state index contributed by atoms with van der Waals surface area (Å²) in [5, 5.41) is 75.1. The first-order valence-electron chi connectivity index (χ1n) is 20.4. The Labute approximate surface area is 314 Å². The van der Waals surface area contributed by atoms with Gasteiger partial charge in [0.05, 0.1) is 25.4 Å². The standard InChI is InChI=1S/C41H75NO10/c1-3-5-7-9-11-13-14-15-16-17-18-19-20-21-23-24-26-28-33(44)36(46)32(31-51-41-39(49)38(48)37(47)35(30-43)52-41)42-40(50)34(45)29-27-25-22-12-10-8-6-4-2/h13-14,17-18,21,23,32-39,41,43-49H,3-12,15-16,19-20,22,24-31H2,1-2H3,(H,42,50)/b14-13+,18-17+,23-21+. The maximum atomic E-state index is 12.9. The van der Waals surface area contributed by atoms with Crippen LogP contribution in [0.25, 0.3) is 0 Å². The molecule has 0 bridgehead atoms. The Morgan fingerprint density at radius 3 is 1.71 bits per heavy atom. The Bertz CT molecular complexity index is 945. The van der Waals surface area contributed by atoms with E-state index in [4.69, 9.17) is 9.47 Å². The Morgan fingerprint density at radius 2 is 1.15 bits per heavy atom. The highest BCUT2D eigenvalue weighted by atomic mass is 16.7. The molecule has 11 nitrogen and oxygen atoms in total. The molecule has 1 fully saturated rings. The van der Waals surface area contributed by atoms with Crippen molar-refractivity contribution in [1.29, 1.82) is 0 Å². The van der Waals surface area contributed by atoms with Crippen molar-refractivity contribution in [3.8, 4) is 0 Å². The Balaban J connectivity index is 2.56. The number of hydrogen-bond acceptors (Lipinski definition) is 10. The number of ether oxygens (including phenoxy) is 2. The van der Waals surface area contributed by atoms with E-state index in [1.165, 1.54) is 57.8 Å². The number of allylic oxidation sites excluding steroid dienone is 6. The summed E-state index contributed by atoms with van der Waals surface area (Å²) in [4.78, 5) is 12.9. The molecule has 304 valence electrons. The van der Waals surface area contributed by atoms with E-state index in [1.54, 1.807) is 0 Å². The highest BCUT2D eigenvalue weighted by Crippen LogP contribution is 2.23. The summed E-state index contributed by atoms with van der Waals surface area (Å²) in [5.41, 5.74) is 0. The zero-order valence-corrected chi connectivity index (χ0v) is 32.3. The fraction of sp³-hybridized carbons (Fsp3) is 0.829. The molecule has 1 saturated heterocycles. The number of hydrogen-bond donors (Lipinski definition) is 8. The van der Waals surface area contributed by atoms with Gasteiger partial charge in [-0.3, -0.25) is 4.79 Å². The van der Waals surface area contributed by atoms with Crippen molar-refractivity contribution < 1.29 is 50.0 Å². The van der Waals surface area contributed by atoms with Gasteiger partial charge in [0.1, 0.15) is 36.6 Å². The molecular formula is C41H75NO10. The van der Waals surface area contributed by atoms with Gasteiger partial charge in [-0.05, 0) is 64.2 Å². The maximum absolute atomic E-state index is 12.9. The minimum absolute atomic E-state index is 0.241. The molecular weight excluding hydrogens is 666 g/mol. The molecule has 0 saturated carbocycles. The molecule has 1 aliphatic heterocycles. The van der Waals surface area contributed by atoms with Crippen molar-refractivity contribution in [2.45, 2.75) is 204 Å². The summed E-state index contributed by atoms with van der Waals surface area (Å²) in [6.07, 6.45) is 22.2. The minimum atomic E-state index is -1.67. The number of carbonyl (C=O) groups excluding carboxylic acids is 1. The summed E-state index contributed by atoms with van der Waals surface area (Å²) in [6, 6.07) is -1.19. The normalized spacial score (nSPS) is 23.4. The number of rotatable bonds is 32. The summed E-state index contributed by atoms with van der Waals surface area (Å²) >= 11 is 0. The molecule has 1 heterocycles. The number of aliphatic hydroxyl groups excluding tert-OH is 7. The van der Waals surface area contributed by atoms with Crippen LogP contribution in [0.2, 0.25) is 0 Å². The molecule has 0 aromatic carbocycles. The second kappa shape index (κ2) is 31.7. The van der Waals surface area contributed by atoms with Gasteiger partial charge in [0, 0.05) is 0 Å². The van der Waals surface area contributed by atoms with Crippen LogP contribution in [0.5, 0.6) is 0 Å². The summed E-state index contributed by atoms with van der Waals surface area (Å²) in [7, 11) is 0. The molecule has 52 heavy (non-hydrogen) atoms.